The smallest absolute Gasteiger partial charge is 0.139 e. The summed E-state index contributed by atoms with van der Waals surface area (Å²) in [5, 5.41) is 7.46. The molecule has 0 amide bonds. The van der Waals surface area contributed by atoms with Gasteiger partial charge in [0.15, 0.2) is 0 Å². The van der Waals surface area contributed by atoms with Crippen molar-refractivity contribution in [2.75, 3.05) is 4.90 Å². The lowest BCUT2D eigenvalue weighted by atomic mass is 10.0. The van der Waals surface area contributed by atoms with E-state index >= 15 is 0 Å². The lowest BCUT2D eigenvalue weighted by Gasteiger charge is -2.25. The third kappa shape index (κ3) is 4.53. The molecule has 0 saturated heterocycles. The molecule has 0 bridgehead atoms. The fourth-order valence-corrected chi connectivity index (χ4v) is 8.43. The van der Waals surface area contributed by atoms with Crippen LogP contribution in [0.15, 0.2) is 176 Å². The second-order valence-electron chi connectivity index (χ2n) is 12.4. The average Bonchev–Trinajstić information content (AvgIpc) is 3.71. The van der Waals surface area contributed by atoms with Gasteiger partial charge < -0.3 is 4.57 Å². The summed E-state index contributed by atoms with van der Waals surface area (Å²) in [7, 11) is 0. The molecule has 3 aromatic heterocycles. The zero-order chi connectivity index (χ0) is 32.3. The quantitative estimate of drug-likeness (QED) is 0.186. The van der Waals surface area contributed by atoms with Gasteiger partial charge >= 0.3 is 0 Å². The summed E-state index contributed by atoms with van der Waals surface area (Å²) in [6, 6.07) is 63.1. The molecular weight excluding hydrogens is 615 g/mol. The van der Waals surface area contributed by atoms with Crippen molar-refractivity contribution >= 4 is 81.4 Å². The van der Waals surface area contributed by atoms with E-state index in [1.165, 1.54) is 53.7 Å². The van der Waals surface area contributed by atoms with E-state index in [-0.39, 0.29) is 0 Å². The lowest BCUT2D eigenvalue weighted by molar-refractivity contribution is 1.17. The maximum Gasteiger partial charge on any atom is 0.139 e. The van der Waals surface area contributed by atoms with Crippen molar-refractivity contribution in [2.24, 2.45) is 0 Å². The third-order valence-corrected chi connectivity index (χ3v) is 10.7. The fraction of sp³-hybridized carbons (Fsp3) is 0. The summed E-state index contributed by atoms with van der Waals surface area (Å²) in [4.78, 5) is 8.73. The van der Waals surface area contributed by atoms with Gasteiger partial charge in [0.1, 0.15) is 10.6 Å². The van der Waals surface area contributed by atoms with E-state index in [9.17, 15) is 0 Å². The number of pyridine rings is 1. The highest BCUT2D eigenvalue weighted by Crippen LogP contribution is 2.43. The molecule has 0 N–H and O–H groups in total. The molecule has 0 fully saturated rings. The van der Waals surface area contributed by atoms with Gasteiger partial charge in [-0.25, -0.2) is 4.98 Å². The highest BCUT2D eigenvalue weighted by molar-refractivity contribution is 7.25. The molecule has 0 unspecified atom stereocenters. The molecule has 3 heterocycles. The average molecular weight is 644 g/mol. The molecule has 0 spiro atoms. The SMILES string of the molecule is c1ccc(-c2ccc(N(c3ccc4c5ccccc5n(-c5ccccc5)c4c3)c3ccc4c(n3)sc3ccc5ccccc5c34)cc2)cc1. The van der Waals surface area contributed by atoms with Crippen LogP contribution in [0.1, 0.15) is 0 Å². The van der Waals surface area contributed by atoms with Crippen LogP contribution in [-0.4, -0.2) is 9.55 Å². The highest BCUT2D eigenvalue weighted by atomic mass is 32.1. The monoisotopic (exact) mass is 643 g/mol. The van der Waals surface area contributed by atoms with E-state index < -0.39 is 0 Å². The van der Waals surface area contributed by atoms with E-state index in [4.69, 9.17) is 4.98 Å². The summed E-state index contributed by atoms with van der Waals surface area (Å²) in [5.74, 6) is 0.887. The first kappa shape index (κ1) is 27.8. The number of thiophene rings is 1. The van der Waals surface area contributed by atoms with E-state index in [1.54, 1.807) is 11.3 Å². The van der Waals surface area contributed by atoms with Crippen LogP contribution in [-0.2, 0) is 0 Å². The molecular formula is C45H29N3S. The zero-order valence-electron chi connectivity index (χ0n) is 26.5. The van der Waals surface area contributed by atoms with Gasteiger partial charge in [0, 0.05) is 43.3 Å². The van der Waals surface area contributed by atoms with E-state index in [0.717, 1.165) is 33.2 Å². The van der Waals surface area contributed by atoms with Crippen LogP contribution in [0.25, 0.3) is 69.7 Å². The topological polar surface area (TPSA) is 21.1 Å². The van der Waals surface area contributed by atoms with Gasteiger partial charge in [-0.2, -0.15) is 0 Å². The summed E-state index contributed by atoms with van der Waals surface area (Å²) >= 11 is 1.76. The third-order valence-electron chi connectivity index (χ3n) is 9.60. The molecule has 0 aliphatic rings. The molecule has 10 aromatic rings. The summed E-state index contributed by atoms with van der Waals surface area (Å²) in [5.41, 5.74) is 7.98. The Morgan fingerprint density at radius 3 is 1.96 bits per heavy atom. The Hall–Kier alpha value is -6.23. The number of hydrogen-bond donors (Lipinski definition) is 0. The van der Waals surface area contributed by atoms with Gasteiger partial charge in [0.25, 0.3) is 0 Å². The minimum absolute atomic E-state index is 0.887. The van der Waals surface area contributed by atoms with Crippen LogP contribution in [0.2, 0.25) is 0 Å². The number of benzene rings is 7. The van der Waals surface area contributed by atoms with E-state index in [1.807, 2.05) is 0 Å². The number of para-hydroxylation sites is 2. The Labute approximate surface area is 287 Å². The van der Waals surface area contributed by atoms with Crippen molar-refractivity contribution in [2.45, 2.75) is 0 Å². The molecule has 10 rings (SSSR count). The van der Waals surface area contributed by atoms with Crippen molar-refractivity contribution in [3.63, 3.8) is 0 Å². The summed E-state index contributed by atoms with van der Waals surface area (Å²) in [6.07, 6.45) is 0. The molecule has 0 radical (unpaired) electrons. The normalized spacial score (nSPS) is 11.7. The molecule has 0 aliphatic heterocycles. The molecule has 0 aliphatic carbocycles. The van der Waals surface area contributed by atoms with Crippen LogP contribution < -0.4 is 4.90 Å². The van der Waals surface area contributed by atoms with Gasteiger partial charge in [0.2, 0.25) is 0 Å². The van der Waals surface area contributed by atoms with Crippen molar-refractivity contribution in [3.8, 4) is 16.8 Å². The Bertz CT molecular complexity index is 2820. The summed E-state index contributed by atoms with van der Waals surface area (Å²) < 4.78 is 3.63. The standard InChI is InChI=1S/C45H29N3S/c1-3-11-30(12-4-1)31-19-22-34(23-20-31)47(43-28-26-39-44-36-16-8-7-13-32(36)21-27-42(44)49-45(39)46-43)35-24-25-38-37-17-9-10-18-40(37)48(41(38)29-35)33-14-5-2-6-15-33/h1-29H. The van der Waals surface area contributed by atoms with E-state index in [0.29, 0.717) is 0 Å². The van der Waals surface area contributed by atoms with Crippen LogP contribution in [0.4, 0.5) is 17.2 Å². The van der Waals surface area contributed by atoms with Crippen molar-refractivity contribution in [3.05, 3.63) is 176 Å². The molecule has 7 aromatic carbocycles. The first-order valence-corrected chi connectivity index (χ1v) is 17.4. The molecule has 49 heavy (non-hydrogen) atoms. The van der Waals surface area contributed by atoms with Gasteiger partial charge in [-0.15, -0.1) is 11.3 Å². The number of hydrogen-bond acceptors (Lipinski definition) is 3. The van der Waals surface area contributed by atoms with Crippen molar-refractivity contribution < 1.29 is 0 Å². The molecule has 4 heteroatoms. The summed E-state index contributed by atoms with van der Waals surface area (Å²) in [6.45, 7) is 0. The number of rotatable bonds is 5. The number of fused-ring (bicyclic) bond motifs is 8. The van der Waals surface area contributed by atoms with Crippen LogP contribution >= 0.6 is 11.3 Å². The second kappa shape index (κ2) is 11.2. The van der Waals surface area contributed by atoms with Crippen molar-refractivity contribution in [1.82, 2.24) is 9.55 Å². The fourth-order valence-electron chi connectivity index (χ4n) is 7.34. The highest BCUT2D eigenvalue weighted by Gasteiger charge is 2.20. The first-order valence-electron chi connectivity index (χ1n) is 16.6. The van der Waals surface area contributed by atoms with Crippen LogP contribution in [0, 0.1) is 0 Å². The molecule has 3 nitrogen and oxygen atoms in total. The number of aromatic nitrogens is 2. The predicted octanol–water partition coefficient (Wildman–Crippen LogP) is 12.8. The predicted molar refractivity (Wildman–Crippen MR) is 209 cm³/mol. The van der Waals surface area contributed by atoms with Gasteiger partial charge in [-0.3, -0.25) is 4.90 Å². The largest absolute Gasteiger partial charge is 0.309 e. The number of anilines is 3. The van der Waals surface area contributed by atoms with Crippen LogP contribution in [0.5, 0.6) is 0 Å². The van der Waals surface area contributed by atoms with Crippen molar-refractivity contribution in [1.29, 1.82) is 0 Å². The lowest BCUT2D eigenvalue weighted by Crippen LogP contribution is -2.11. The van der Waals surface area contributed by atoms with Gasteiger partial charge in [0.05, 0.1) is 11.0 Å². The minimum atomic E-state index is 0.887. The Morgan fingerprint density at radius 1 is 0.469 bits per heavy atom. The maximum absolute atomic E-state index is 5.39. The second-order valence-corrected chi connectivity index (χ2v) is 13.5. The Kier molecular flexibility index (Phi) is 6.36. The number of nitrogens with zero attached hydrogens (tertiary/aromatic N) is 3. The first-order chi connectivity index (χ1) is 24.3. The Morgan fingerprint density at radius 2 is 1.12 bits per heavy atom. The molecule has 230 valence electrons. The van der Waals surface area contributed by atoms with E-state index in [2.05, 4.69) is 185 Å². The maximum atomic E-state index is 5.39. The Balaban J connectivity index is 1.20. The van der Waals surface area contributed by atoms with Gasteiger partial charge in [-0.05, 0) is 82.6 Å². The zero-order valence-corrected chi connectivity index (χ0v) is 27.3. The van der Waals surface area contributed by atoms with Gasteiger partial charge in [-0.1, -0.05) is 115 Å². The minimum Gasteiger partial charge on any atom is -0.309 e. The molecule has 0 saturated carbocycles. The van der Waals surface area contributed by atoms with Crippen LogP contribution in [0.3, 0.4) is 0 Å². The molecule has 0 atom stereocenters.